The monoisotopic (exact) mass is 276 g/mol. The van der Waals surface area contributed by atoms with Gasteiger partial charge in [0.05, 0.1) is 5.69 Å². The summed E-state index contributed by atoms with van der Waals surface area (Å²) in [5, 5.41) is 8.18. The van der Waals surface area contributed by atoms with Gasteiger partial charge in [-0.15, -0.1) is 0 Å². The van der Waals surface area contributed by atoms with Crippen LogP contribution in [0.25, 0.3) is 0 Å². The zero-order valence-electron chi connectivity index (χ0n) is 13.1. The fourth-order valence-electron chi connectivity index (χ4n) is 4.13. The van der Waals surface area contributed by atoms with Crippen molar-refractivity contribution in [1.29, 1.82) is 0 Å². The molecule has 0 spiro atoms. The lowest BCUT2D eigenvalue weighted by atomic mass is 9.91. The van der Waals surface area contributed by atoms with Crippen LogP contribution < -0.4 is 5.32 Å². The summed E-state index contributed by atoms with van der Waals surface area (Å²) in [4.78, 5) is 2.62. The number of fused-ring (bicyclic) bond motifs is 2. The second-order valence-corrected chi connectivity index (χ2v) is 6.65. The van der Waals surface area contributed by atoms with Gasteiger partial charge < -0.3 is 10.2 Å². The number of nitrogens with one attached hydrogen (secondary N) is 1. The molecule has 1 aromatic heterocycles. The van der Waals surface area contributed by atoms with Gasteiger partial charge in [0.2, 0.25) is 0 Å². The molecule has 3 rings (SSSR count). The standard InChI is InChI=1S/C16H28N4/c1-4-16-13(11-19(2)18-16)10-17-9-12-7-14-5-6-15(8-12)20(14)3/h11-12,14-15,17H,4-10H2,1-3H3. The van der Waals surface area contributed by atoms with Crippen molar-refractivity contribution in [2.75, 3.05) is 13.6 Å². The lowest BCUT2D eigenvalue weighted by Gasteiger charge is -2.36. The van der Waals surface area contributed by atoms with Crippen LogP contribution in [-0.2, 0) is 20.0 Å². The molecule has 3 heterocycles. The topological polar surface area (TPSA) is 33.1 Å². The van der Waals surface area contributed by atoms with E-state index in [1.165, 1.54) is 43.5 Å². The van der Waals surface area contributed by atoms with Crippen LogP contribution in [0, 0.1) is 5.92 Å². The van der Waals surface area contributed by atoms with Crippen LogP contribution in [0.3, 0.4) is 0 Å². The van der Waals surface area contributed by atoms with E-state index in [1.807, 2.05) is 11.7 Å². The predicted molar refractivity (Wildman–Crippen MR) is 81.6 cm³/mol. The molecule has 0 amide bonds. The summed E-state index contributed by atoms with van der Waals surface area (Å²) in [5.41, 5.74) is 2.61. The molecular formula is C16H28N4. The molecule has 20 heavy (non-hydrogen) atoms. The average molecular weight is 276 g/mol. The number of nitrogens with zero attached hydrogens (tertiary/aromatic N) is 3. The summed E-state index contributed by atoms with van der Waals surface area (Å²) in [7, 11) is 4.33. The first-order valence-corrected chi connectivity index (χ1v) is 8.11. The van der Waals surface area contributed by atoms with E-state index in [4.69, 9.17) is 0 Å². The molecule has 0 aromatic carbocycles. The highest BCUT2D eigenvalue weighted by molar-refractivity contribution is 5.16. The molecule has 0 aliphatic carbocycles. The highest BCUT2D eigenvalue weighted by atomic mass is 15.3. The Balaban J connectivity index is 1.48. The van der Waals surface area contributed by atoms with Crippen molar-refractivity contribution in [3.63, 3.8) is 0 Å². The van der Waals surface area contributed by atoms with Gasteiger partial charge in [0, 0.05) is 37.4 Å². The van der Waals surface area contributed by atoms with E-state index >= 15 is 0 Å². The van der Waals surface area contributed by atoms with Crippen LogP contribution in [0.15, 0.2) is 6.20 Å². The molecule has 2 unspecified atom stereocenters. The van der Waals surface area contributed by atoms with Crippen LogP contribution in [-0.4, -0.2) is 40.4 Å². The van der Waals surface area contributed by atoms with E-state index in [-0.39, 0.29) is 0 Å². The summed E-state index contributed by atoms with van der Waals surface area (Å²) >= 11 is 0. The first-order chi connectivity index (χ1) is 9.67. The van der Waals surface area contributed by atoms with Crippen molar-refractivity contribution in [2.24, 2.45) is 13.0 Å². The summed E-state index contributed by atoms with van der Waals surface area (Å²) in [6.45, 7) is 4.32. The van der Waals surface area contributed by atoms with Gasteiger partial charge in [-0.1, -0.05) is 6.92 Å². The maximum atomic E-state index is 4.51. The first kappa shape index (κ1) is 14.1. The molecule has 4 heteroatoms. The Morgan fingerprint density at radius 3 is 2.60 bits per heavy atom. The molecule has 2 aliphatic rings. The van der Waals surface area contributed by atoms with E-state index in [0.29, 0.717) is 0 Å². The van der Waals surface area contributed by atoms with Gasteiger partial charge in [-0.3, -0.25) is 4.68 Å². The summed E-state index contributed by atoms with van der Waals surface area (Å²) in [6, 6.07) is 1.70. The fraction of sp³-hybridized carbons (Fsp3) is 0.812. The second kappa shape index (κ2) is 5.86. The minimum atomic E-state index is 0.852. The molecule has 0 radical (unpaired) electrons. The third-order valence-electron chi connectivity index (χ3n) is 5.27. The Morgan fingerprint density at radius 1 is 1.25 bits per heavy atom. The molecular weight excluding hydrogens is 248 g/mol. The van der Waals surface area contributed by atoms with Crippen molar-refractivity contribution in [1.82, 2.24) is 20.0 Å². The van der Waals surface area contributed by atoms with Crippen LogP contribution in [0.1, 0.15) is 43.9 Å². The van der Waals surface area contributed by atoms with Gasteiger partial charge in [-0.05, 0) is 51.6 Å². The highest BCUT2D eigenvalue weighted by Crippen LogP contribution is 2.37. The van der Waals surface area contributed by atoms with Gasteiger partial charge in [-0.2, -0.15) is 5.10 Å². The summed E-state index contributed by atoms with van der Waals surface area (Å²) < 4.78 is 1.94. The Bertz CT molecular complexity index is 439. The Hall–Kier alpha value is -0.870. The van der Waals surface area contributed by atoms with Crippen LogP contribution in [0.4, 0.5) is 0 Å². The number of rotatable bonds is 5. The average Bonchev–Trinajstić information content (AvgIpc) is 2.86. The minimum absolute atomic E-state index is 0.852. The molecule has 0 saturated carbocycles. The van der Waals surface area contributed by atoms with E-state index in [0.717, 1.165) is 31.0 Å². The normalized spacial score (nSPS) is 30.1. The van der Waals surface area contributed by atoms with Crippen molar-refractivity contribution in [3.05, 3.63) is 17.5 Å². The fourth-order valence-corrected chi connectivity index (χ4v) is 4.13. The minimum Gasteiger partial charge on any atom is -0.312 e. The molecule has 4 nitrogen and oxygen atoms in total. The highest BCUT2D eigenvalue weighted by Gasteiger charge is 2.37. The second-order valence-electron chi connectivity index (χ2n) is 6.65. The molecule has 112 valence electrons. The number of aryl methyl sites for hydroxylation is 2. The van der Waals surface area contributed by atoms with Gasteiger partial charge in [-0.25, -0.2) is 0 Å². The SMILES string of the molecule is CCc1nn(C)cc1CNCC1CC2CCC(C1)N2C. The number of piperidine rings is 1. The molecule has 2 bridgehead atoms. The number of hydrogen-bond acceptors (Lipinski definition) is 3. The van der Waals surface area contributed by atoms with E-state index < -0.39 is 0 Å². The van der Waals surface area contributed by atoms with E-state index in [2.05, 4.69) is 35.5 Å². The van der Waals surface area contributed by atoms with Gasteiger partial charge in [0.15, 0.2) is 0 Å². The Kier molecular flexibility index (Phi) is 4.13. The first-order valence-electron chi connectivity index (χ1n) is 8.11. The maximum absolute atomic E-state index is 4.51. The van der Waals surface area contributed by atoms with Crippen molar-refractivity contribution in [3.8, 4) is 0 Å². The third kappa shape index (κ3) is 2.77. The number of hydrogen-bond donors (Lipinski definition) is 1. The predicted octanol–water partition coefficient (Wildman–Crippen LogP) is 1.94. The zero-order chi connectivity index (χ0) is 14.1. The van der Waals surface area contributed by atoms with Crippen molar-refractivity contribution in [2.45, 2.75) is 57.7 Å². The molecule has 2 saturated heterocycles. The summed E-state index contributed by atoms with van der Waals surface area (Å²) in [6.07, 6.45) is 8.78. The molecule has 1 N–H and O–H groups in total. The molecule has 2 atom stereocenters. The van der Waals surface area contributed by atoms with Gasteiger partial charge in [0.1, 0.15) is 0 Å². The van der Waals surface area contributed by atoms with Crippen LogP contribution >= 0.6 is 0 Å². The third-order valence-corrected chi connectivity index (χ3v) is 5.27. The van der Waals surface area contributed by atoms with E-state index in [1.54, 1.807) is 0 Å². The molecule has 2 aliphatic heterocycles. The van der Waals surface area contributed by atoms with Crippen molar-refractivity contribution < 1.29 is 0 Å². The van der Waals surface area contributed by atoms with Crippen LogP contribution in [0.2, 0.25) is 0 Å². The van der Waals surface area contributed by atoms with Crippen molar-refractivity contribution >= 4 is 0 Å². The lowest BCUT2D eigenvalue weighted by molar-refractivity contribution is 0.133. The zero-order valence-corrected chi connectivity index (χ0v) is 13.1. The molecule has 1 aromatic rings. The quantitative estimate of drug-likeness (QED) is 0.892. The molecule has 2 fully saturated rings. The van der Waals surface area contributed by atoms with Gasteiger partial charge >= 0.3 is 0 Å². The summed E-state index contributed by atoms with van der Waals surface area (Å²) in [5.74, 6) is 0.866. The maximum Gasteiger partial charge on any atom is 0.0666 e. The Labute approximate surface area is 122 Å². The lowest BCUT2D eigenvalue weighted by Crippen LogP contribution is -2.42. The largest absolute Gasteiger partial charge is 0.312 e. The number of aromatic nitrogens is 2. The van der Waals surface area contributed by atoms with E-state index in [9.17, 15) is 0 Å². The smallest absolute Gasteiger partial charge is 0.0666 e. The van der Waals surface area contributed by atoms with Crippen LogP contribution in [0.5, 0.6) is 0 Å². The Morgan fingerprint density at radius 2 is 1.95 bits per heavy atom. The van der Waals surface area contributed by atoms with Gasteiger partial charge in [0.25, 0.3) is 0 Å².